The summed E-state index contributed by atoms with van der Waals surface area (Å²) < 4.78 is 1.49. The maximum Gasteiger partial charge on any atom is 0.319 e. The fourth-order valence-electron chi connectivity index (χ4n) is 4.37. The van der Waals surface area contributed by atoms with Crippen molar-refractivity contribution in [1.29, 1.82) is 0 Å². The first-order chi connectivity index (χ1) is 17.5. The van der Waals surface area contributed by atoms with Gasteiger partial charge in [0.1, 0.15) is 6.04 Å². The third kappa shape index (κ3) is 5.05. The first-order valence-electron chi connectivity index (χ1n) is 11.6. The molecule has 9 nitrogen and oxygen atoms in total. The van der Waals surface area contributed by atoms with Crippen LogP contribution in [0.25, 0.3) is 10.8 Å². The summed E-state index contributed by atoms with van der Waals surface area (Å²) in [5.41, 5.74) is 3.83. The molecule has 1 aliphatic rings. The second-order valence-corrected chi connectivity index (χ2v) is 8.79. The highest BCUT2D eigenvalue weighted by Gasteiger charge is 2.30. The minimum Gasteiger partial charge on any atom is -0.494 e. The van der Waals surface area contributed by atoms with Gasteiger partial charge >= 0.3 is 6.03 Å². The molecule has 0 saturated carbocycles. The molecule has 1 fully saturated rings. The smallest absolute Gasteiger partial charge is 0.319 e. The number of benzene rings is 2. The minimum absolute atomic E-state index is 0.0240. The Morgan fingerprint density at radius 3 is 2.50 bits per heavy atom. The summed E-state index contributed by atoms with van der Waals surface area (Å²) in [6.45, 7) is 0.284. The van der Waals surface area contributed by atoms with E-state index in [0.29, 0.717) is 17.5 Å². The number of urea groups is 1. The maximum atomic E-state index is 12.4. The van der Waals surface area contributed by atoms with E-state index in [2.05, 4.69) is 20.9 Å². The number of hydrogen-bond donors (Lipinski definition) is 4. The third-order valence-electron chi connectivity index (χ3n) is 6.25. The van der Waals surface area contributed by atoms with Gasteiger partial charge in [0.2, 0.25) is 11.8 Å². The molecule has 4 amide bonds. The molecule has 1 atom stereocenters. The molecule has 2 aromatic heterocycles. The molecule has 36 heavy (non-hydrogen) atoms. The lowest BCUT2D eigenvalue weighted by atomic mass is 10.1. The molecule has 5 rings (SSSR count). The summed E-state index contributed by atoms with van der Waals surface area (Å²) in [6.07, 6.45) is 6.58. The number of piperidine rings is 1. The lowest BCUT2D eigenvalue weighted by Gasteiger charge is -2.22. The summed E-state index contributed by atoms with van der Waals surface area (Å²) >= 11 is 0. The number of fused-ring (bicyclic) bond motifs is 1. The zero-order chi connectivity index (χ0) is 25.1. The van der Waals surface area contributed by atoms with Crippen LogP contribution < -0.4 is 16.0 Å². The van der Waals surface area contributed by atoms with Gasteiger partial charge in [0.05, 0.1) is 0 Å². The van der Waals surface area contributed by atoms with Crippen molar-refractivity contribution in [3.05, 3.63) is 89.9 Å². The van der Waals surface area contributed by atoms with Crippen molar-refractivity contribution in [1.82, 2.24) is 20.2 Å². The monoisotopic (exact) mass is 483 g/mol. The predicted octanol–water partition coefficient (Wildman–Crippen LogP) is 3.63. The largest absolute Gasteiger partial charge is 0.494 e. The summed E-state index contributed by atoms with van der Waals surface area (Å²) in [4.78, 5) is 40.1. The van der Waals surface area contributed by atoms with Gasteiger partial charge in [0.25, 0.3) is 0 Å². The Balaban J connectivity index is 1.19. The van der Waals surface area contributed by atoms with Crippen molar-refractivity contribution in [2.45, 2.75) is 31.8 Å². The normalized spacial score (nSPS) is 15.5. The van der Waals surface area contributed by atoms with E-state index in [1.54, 1.807) is 24.7 Å². The molecule has 4 aromatic rings. The Morgan fingerprint density at radius 1 is 1.03 bits per heavy atom. The summed E-state index contributed by atoms with van der Waals surface area (Å²) in [5, 5.41) is 19.9. The van der Waals surface area contributed by atoms with E-state index >= 15 is 0 Å². The average molecular weight is 484 g/mol. The van der Waals surface area contributed by atoms with Crippen LogP contribution in [0.3, 0.4) is 0 Å². The van der Waals surface area contributed by atoms with Crippen LogP contribution in [0.4, 0.5) is 10.5 Å². The third-order valence-corrected chi connectivity index (χ3v) is 6.25. The molecule has 1 saturated heterocycles. The molecule has 0 bridgehead atoms. The molecular weight excluding hydrogens is 458 g/mol. The average Bonchev–Trinajstić information content (AvgIpc) is 3.20. The van der Waals surface area contributed by atoms with Crippen LogP contribution in [-0.4, -0.2) is 32.5 Å². The van der Waals surface area contributed by atoms with Gasteiger partial charge in [-0.3, -0.25) is 19.9 Å². The van der Waals surface area contributed by atoms with Crippen molar-refractivity contribution in [3.8, 4) is 5.88 Å². The maximum absolute atomic E-state index is 12.4. The summed E-state index contributed by atoms with van der Waals surface area (Å²) in [6, 6.07) is 16.1. The number of anilines is 1. The Morgan fingerprint density at radius 2 is 1.75 bits per heavy atom. The second kappa shape index (κ2) is 9.91. The Bertz CT molecular complexity index is 1430. The standard InChI is InChI=1S/C27H25N5O4/c33-24-8-7-23(25(34)31-24)32-16-20-14-19(3-6-22(20)26(32)35)15-29-27(36)30-21-4-1-17(2-5-21)13-18-9-11-28-12-10-18/h1-6,9-12,14,16,23,35H,7-8,13,15H2,(H2,29,30,36)(H,31,33,34). The number of hydrogen-bond acceptors (Lipinski definition) is 5. The van der Waals surface area contributed by atoms with Gasteiger partial charge in [-0.15, -0.1) is 0 Å². The van der Waals surface area contributed by atoms with Gasteiger partial charge in [-0.2, -0.15) is 0 Å². The number of imide groups is 1. The second-order valence-electron chi connectivity index (χ2n) is 8.79. The number of nitrogens with one attached hydrogen (secondary N) is 3. The quantitative estimate of drug-likeness (QED) is 0.312. The Hall–Kier alpha value is -4.66. The Kier molecular flexibility index (Phi) is 6.36. The molecule has 9 heteroatoms. The number of aromatic hydroxyl groups is 1. The number of nitrogens with zero attached hydrogens (tertiary/aromatic N) is 2. The predicted molar refractivity (Wildman–Crippen MR) is 134 cm³/mol. The minimum atomic E-state index is -0.640. The van der Waals surface area contributed by atoms with E-state index in [9.17, 15) is 19.5 Å². The fraction of sp³-hybridized carbons (Fsp3) is 0.185. The number of pyridine rings is 1. The molecule has 0 spiro atoms. The van der Waals surface area contributed by atoms with Crippen LogP contribution in [0.15, 0.2) is 73.2 Å². The fourth-order valence-corrected chi connectivity index (χ4v) is 4.37. The molecule has 0 radical (unpaired) electrons. The Labute approximate surface area is 207 Å². The highest BCUT2D eigenvalue weighted by molar-refractivity contribution is 6.00. The number of carbonyl (C=O) groups excluding carboxylic acids is 3. The van der Waals surface area contributed by atoms with Gasteiger partial charge in [0.15, 0.2) is 5.88 Å². The molecule has 3 heterocycles. The van der Waals surface area contributed by atoms with Crippen LogP contribution in [0.5, 0.6) is 5.88 Å². The van der Waals surface area contributed by atoms with Crippen LogP contribution in [-0.2, 0) is 22.6 Å². The molecule has 2 aromatic carbocycles. The van der Waals surface area contributed by atoms with Crippen molar-refractivity contribution >= 4 is 34.3 Å². The van der Waals surface area contributed by atoms with Gasteiger partial charge in [0, 0.05) is 48.0 Å². The van der Waals surface area contributed by atoms with Gasteiger partial charge in [-0.25, -0.2) is 4.79 Å². The summed E-state index contributed by atoms with van der Waals surface area (Å²) in [7, 11) is 0. The van der Waals surface area contributed by atoms with Gasteiger partial charge in [-0.05, 0) is 65.9 Å². The van der Waals surface area contributed by atoms with Crippen molar-refractivity contribution < 1.29 is 19.5 Å². The highest BCUT2D eigenvalue weighted by Crippen LogP contribution is 2.33. The number of amides is 4. The van der Waals surface area contributed by atoms with Crippen LogP contribution in [0.1, 0.15) is 35.6 Å². The zero-order valence-electron chi connectivity index (χ0n) is 19.4. The van der Waals surface area contributed by atoms with E-state index < -0.39 is 11.9 Å². The van der Waals surface area contributed by atoms with Crippen molar-refractivity contribution in [2.75, 3.05) is 5.32 Å². The summed E-state index contributed by atoms with van der Waals surface area (Å²) in [5.74, 6) is -0.755. The van der Waals surface area contributed by atoms with Crippen LogP contribution in [0.2, 0.25) is 0 Å². The van der Waals surface area contributed by atoms with E-state index in [4.69, 9.17) is 0 Å². The lowest BCUT2D eigenvalue weighted by molar-refractivity contribution is -0.135. The SMILES string of the molecule is O=C1CCC(n2cc3cc(CNC(=O)Nc4ccc(Cc5ccncc5)cc4)ccc3c2O)C(=O)N1. The first-order valence-corrected chi connectivity index (χ1v) is 11.6. The number of carbonyl (C=O) groups is 3. The number of aromatic nitrogens is 2. The van der Waals surface area contributed by atoms with E-state index in [1.165, 1.54) is 10.1 Å². The molecule has 182 valence electrons. The first kappa shape index (κ1) is 23.1. The van der Waals surface area contributed by atoms with E-state index in [0.717, 1.165) is 22.9 Å². The molecule has 0 aliphatic carbocycles. The van der Waals surface area contributed by atoms with Gasteiger partial charge in [-0.1, -0.05) is 18.2 Å². The molecular formula is C27H25N5O4. The topological polar surface area (TPSA) is 125 Å². The lowest BCUT2D eigenvalue weighted by Crippen LogP contribution is -2.41. The van der Waals surface area contributed by atoms with Crippen LogP contribution >= 0.6 is 0 Å². The highest BCUT2D eigenvalue weighted by atomic mass is 16.3. The van der Waals surface area contributed by atoms with Crippen LogP contribution in [0, 0.1) is 0 Å². The zero-order valence-corrected chi connectivity index (χ0v) is 19.4. The van der Waals surface area contributed by atoms with Crippen molar-refractivity contribution in [2.24, 2.45) is 0 Å². The van der Waals surface area contributed by atoms with E-state index in [-0.39, 0.29) is 30.8 Å². The molecule has 1 unspecified atom stereocenters. The van der Waals surface area contributed by atoms with Gasteiger partial charge < -0.3 is 20.3 Å². The van der Waals surface area contributed by atoms with E-state index in [1.807, 2.05) is 48.5 Å². The number of rotatable bonds is 6. The molecule has 1 aliphatic heterocycles. The van der Waals surface area contributed by atoms with Crippen molar-refractivity contribution in [3.63, 3.8) is 0 Å². The molecule has 4 N–H and O–H groups in total.